The number of aliphatic carboxylic acids is 1. The zero-order chi connectivity index (χ0) is 25.2. The van der Waals surface area contributed by atoms with Gasteiger partial charge in [-0.05, 0) is 28.2 Å². The van der Waals surface area contributed by atoms with Crippen LogP contribution in [0, 0.1) is 5.92 Å². The number of nitrogens with one attached hydrogen (secondary N) is 1. The summed E-state index contributed by atoms with van der Waals surface area (Å²) in [7, 11) is 0. The first-order valence-electron chi connectivity index (χ1n) is 11.7. The molecule has 1 saturated heterocycles. The molecule has 186 valence electrons. The smallest absolute Gasteiger partial charge is 0.407 e. The molecule has 2 aromatic carbocycles. The lowest BCUT2D eigenvalue weighted by Gasteiger charge is -2.24. The number of halogens is 2. The summed E-state index contributed by atoms with van der Waals surface area (Å²) >= 11 is 0. The number of carboxylic acid groups (broad SMARTS) is 1. The first-order chi connectivity index (χ1) is 16.7. The van der Waals surface area contributed by atoms with Crippen molar-refractivity contribution in [3.05, 3.63) is 59.7 Å². The Bertz CT molecular complexity index is 1080. The molecule has 0 bridgehead atoms. The standard InChI is InChI=1S/C26H28F2N2O5/c1-2-16(11-23(31)30-15-26(27,28)12-22(30)24(32)33)13-29-25(34)35-14-21-19-9-5-3-7-17(19)18-8-4-6-10-20(18)21/h3-10,16,21-22H,2,11-15H2,1H3,(H,29,34)(H,32,33)/t16?,22-/m1/s1. The van der Waals surface area contributed by atoms with Gasteiger partial charge in [-0.1, -0.05) is 61.9 Å². The third kappa shape index (κ3) is 5.28. The van der Waals surface area contributed by atoms with Crippen LogP contribution in [0.4, 0.5) is 13.6 Å². The molecule has 1 heterocycles. The van der Waals surface area contributed by atoms with Gasteiger partial charge >= 0.3 is 12.1 Å². The van der Waals surface area contributed by atoms with Crippen LogP contribution in [0.15, 0.2) is 48.5 Å². The van der Waals surface area contributed by atoms with Crippen LogP contribution in [0.5, 0.6) is 0 Å². The molecule has 2 N–H and O–H groups in total. The topological polar surface area (TPSA) is 95.9 Å². The number of benzene rings is 2. The minimum absolute atomic E-state index is 0.0820. The van der Waals surface area contributed by atoms with E-state index in [1.165, 1.54) is 0 Å². The molecule has 35 heavy (non-hydrogen) atoms. The van der Waals surface area contributed by atoms with E-state index in [1.807, 2.05) is 55.5 Å². The fourth-order valence-corrected chi connectivity index (χ4v) is 4.90. The van der Waals surface area contributed by atoms with Gasteiger partial charge in [-0.25, -0.2) is 18.4 Å². The van der Waals surface area contributed by atoms with Gasteiger partial charge in [0.1, 0.15) is 12.6 Å². The van der Waals surface area contributed by atoms with Crippen molar-refractivity contribution in [1.29, 1.82) is 0 Å². The van der Waals surface area contributed by atoms with Crippen molar-refractivity contribution in [1.82, 2.24) is 10.2 Å². The van der Waals surface area contributed by atoms with Crippen LogP contribution in [-0.4, -0.2) is 59.6 Å². The van der Waals surface area contributed by atoms with E-state index in [9.17, 15) is 28.3 Å². The van der Waals surface area contributed by atoms with E-state index in [0.29, 0.717) is 6.42 Å². The number of fused-ring (bicyclic) bond motifs is 3. The highest BCUT2D eigenvalue weighted by molar-refractivity contribution is 5.85. The molecule has 7 nitrogen and oxygen atoms in total. The summed E-state index contributed by atoms with van der Waals surface area (Å²) < 4.78 is 32.9. The Hall–Kier alpha value is -3.49. The van der Waals surface area contributed by atoms with Gasteiger partial charge in [0.15, 0.2) is 0 Å². The summed E-state index contributed by atoms with van der Waals surface area (Å²) in [6.07, 6.45) is -1.16. The summed E-state index contributed by atoms with van der Waals surface area (Å²) in [5.74, 6) is -5.75. The zero-order valence-electron chi connectivity index (χ0n) is 19.4. The molecular weight excluding hydrogens is 458 g/mol. The maximum atomic E-state index is 13.7. The molecule has 2 amide bonds. The molecule has 2 atom stereocenters. The van der Waals surface area contributed by atoms with Gasteiger partial charge in [-0.3, -0.25) is 4.79 Å². The number of nitrogens with zero attached hydrogens (tertiary/aromatic N) is 1. The van der Waals surface area contributed by atoms with Gasteiger partial charge < -0.3 is 20.1 Å². The molecule has 1 aliphatic heterocycles. The first kappa shape index (κ1) is 24.6. The lowest BCUT2D eigenvalue weighted by atomic mass is 9.98. The van der Waals surface area contributed by atoms with Gasteiger partial charge in [0, 0.05) is 25.3 Å². The molecule has 1 fully saturated rings. The SMILES string of the molecule is CCC(CNC(=O)OCC1c2ccccc2-c2ccccc21)CC(=O)N1CC(F)(F)C[C@@H]1C(=O)O. The Kier molecular flexibility index (Phi) is 7.05. The Morgan fingerprint density at radius 1 is 1.11 bits per heavy atom. The zero-order valence-corrected chi connectivity index (χ0v) is 19.4. The molecule has 0 radical (unpaired) electrons. The fraction of sp³-hybridized carbons (Fsp3) is 0.423. The van der Waals surface area contributed by atoms with Gasteiger partial charge in [0.2, 0.25) is 5.91 Å². The van der Waals surface area contributed by atoms with Crippen molar-refractivity contribution in [2.75, 3.05) is 19.7 Å². The predicted octanol–water partition coefficient (Wildman–Crippen LogP) is 4.26. The molecule has 1 aliphatic carbocycles. The van der Waals surface area contributed by atoms with Crippen LogP contribution < -0.4 is 5.32 Å². The number of hydrogen-bond donors (Lipinski definition) is 2. The normalized spacial score (nSPS) is 19.1. The summed E-state index contributed by atoms with van der Waals surface area (Å²) in [4.78, 5) is 37.0. The monoisotopic (exact) mass is 486 g/mol. The van der Waals surface area contributed by atoms with Gasteiger partial charge in [-0.2, -0.15) is 0 Å². The molecule has 0 aromatic heterocycles. The Morgan fingerprint density at radius 3 is 2.29 bits per heavy atom. The Morgan fingerprint density at radius 2 is 1.71 bits per heavy atom. The van der Waals surface area contributed by atoms with Crippen LogP contribution in [0.25, 0.3) is 11.1 Å². The number of alkyl halides is 2. The lowest BCUT2D eigenvalue weighted by molar-refractivity contribution is -0.148. The minimum atomic E-state index is -3.22. The van der Waals surface area contributed by atoms with Crippen molar-refractivity contribution in [2.24, 2.45) is 5.92 Å². The minimum Gasteiger partial charge on any atom is -0.480 e. The van der Waals surface area contributed by atoms with Crippen LogP contribution >= 0.6 is 0 Å². The Labute approximate surface area is 202 Å². The van der Waals surface area contributed by atoms with Crippen LogP contribution in [0.3, 0.4) is 0 Å². The quantitative estimate of drug-likeness (QED) is 0.581. The summed E-state index contributed by atoms with van der Waals surface area (Å²) in [6, 6.07) is 14.4. The molecule has 0 spiro atoms. The highest BCUT2D eigenvalue weighted by atomic mass is 19.3. The van der Waals surface area contributed by atoms with E-state index in [0.717, 1.165) is 27.2 Å². The number of carboxylic acids is 1. The summed E-state index contributed by atoms with van der Waals surface area (Å²) in [6.45, 7) is 1.17. The predicted molar refractivity (Wildman–Crippen MR) is 124 cm³/mol. The number of alkyl carbamates (subject to hydrolysis) is 1. The van der Waals surface area contributed by atoms with E-state index in [1.54, 1.807) is 0 Å². The molecule has 1 unspecified atom stereocenters. The molecule has 4 rings (SSSR count). The van der Waals surface area contributed by atoms with Crippen molar-refractivity contribution in [3.8, 4) is 11.1 Å². The molecule has 2 aromatic rings. The number of ether oxygens (including phenoxy) is 1. The lowest BCUT2D eigenvalue weighted by Crippen LogP contribution is -2.42. The first-order valence-corrected chi connectivity index (χ1v) is 11.7. The number of rotatable bonds is 8. The molecule has 2 aliphatic rings. The van der Waals surface area contributed by atoms with E-state index < -0.39 is 42.9 Å². The largest absolute Gasteiger partial charge is 0.480 e. The number of carbonyl (C=O) groups excluding carboxylic acids is 2. The van der Waals surface area contributed by atoms with Crippen molar-refractivity contribution < 1.29 is 33.0 Å². The number of amides is 2. The highest BCUT2D eigenvalue weighted by Gasteiger charge is 2.50. The summed E-state index contributed by atoms with van der Waals surface area (Å²) in [5, 5.41) is 11.9. The third-order valence-electron chi connectivity index (χ3n) is 6.79. The summed E-state index contributed by atoms with van der Waals surface area (Å²) in [5.41, 5.74) is 4.42. The maximum Gasteiger partial charge on any atom is 0.407 e. The van der Waals surface area contributed by atoms with E-state index in [4.69, 9.17) is 4.74 Å². The van der Waals surface area contributed by atoms with Crippen LogP contribution in [0.2, 0.25) is 0 Å². The number of likely N-dealkylation sites (tertiary alicyclic amines) is 1. The second-order valence-electron chi connectivity index (χ2n) is 9.12. The van der Waals surface area contributed by atoms with Crippen LogP contribution in [0.1, 0.15) is 43.2 Å². The van der Waals surface area contributed by atoms with Crippen molar-refractivity contribution in [2.45, 2.75) is 44.1 Å². The van der Waals surface area contributed by atoms with Crippen molar-refractivity contribution >= 4 is 18.0 Å². The van der Waals surface area contributed by atoms with E-state index >= 15 is 0 Å². The van der Waals surface area contributed by atoms with Crippen molar-refractivity contribution in [3.63, 3.8) is 0 Å². The Balaban J connectivity index is 1.31. The van der Waals surface area contributed by atoms with Gasteiger partial charge in [0.25, 0.3) is 5.92 Å². The van der Waals surface area contributed by atoms with Gasteiger partial charge in [0.05, 0.1) is 6.54 Å². The second kappa shape index (κ2) is 10.0. The van der Waals surface area contributed by atoms with E-state index in [2.05, 4.69) is 5.32 Å². The molecular formula is C26H28F2N2O5. The van der Waals surface area contributed by atoms with Gasteiger partial charge in [-0.15, -0.1) is 0 Å². The number of hydrogen-bond acceptors (Lipinski definition) is 4. The van der Waals surface area contributed by atoms with E-state index in [-0.39, 0.29) is 31.4 Å². The average molecular weight is 487 g/mol. The maximum absolute atomic E-state index is 13.7. The second-order valence-corrected chi connectivity index (χ2v) is 9.12. The molecule has 0 saturated carbocycles. The fourth-order valence-electron chi connectivity index (χ4n) is 4.90. The van der Waals surface area contributed by atoms with Crippen LogP contribution in [-0.2, 0) is 14.3 Å². The molecule has 9 heteroatoms. The number of carbonyl (C=O) groups is 3. The third-order valence-corrected chi connectivity index (χ3v) is 6.79. The highest BCUT2D eigenvalue weighted by Crippen LogP contribution is 2.44. The average Bonchev–Trinajstić information content (AvgIpc) is 3.34.